The second-order valence-corrected chi connectivity index (χ2v) is 5.40. The summed E-state index contributed by atoms with van der Waals surface area (Å²) in [6.45, 7) is 5.24. The van der Waals surface area contributed by atoms with E-state index in [1.165, 1.54) is 0 Å². The van der Waals surface area contributed by atoms with Crippen molar-refractivity contribution in [1.82, 2.24) is 10.2 Å². The van der Waals surface area contributed by atoms with Crippen LogP contribution in [0.5, 0.6) is 5.75 Å². The molecule has 2 N–H and O–H groups in total. The van der Waals surface area contributed by atoms with Crippen molar-refractivity contribution in [3.63, 3.8) is 0 Å². The van der Waals surface area contributed by atoms with Gasteiger partial charge in [-0.1, -0.05) is 11.6 Å². The Morgan fingerprint density at radius 1 is 1.40 bits per heavy atom. The second kappa shape index (κ2) is 7.97. The Bertz CT molecular complexity index is 450. The highest BCUT2D eigenvalue weighted by Crippen LogP contribution is 2.27. The van der Waals surface area contributed by atoms with Gasteiger partial charge in [0.1, 0.15) is 5.75 Å². The summed E-state index contributed by atoms with van der Waals surface area (Å²) in [7, 11) is 3.90. The van der Waals surface area contributed by atoms with Crippen LogP contribution in [-0.4, -0.2) is 44.2 Å². The van der Waals surface area contributed by atoms with Gasteiger partial charge in [-0.25, -0.2) is 4.79 Å². The minimum absolute atomic E-state index is 0.0826. The number of nitrogens with zero attached hydrogens (tertiary/aromatic N) is 1. The van der Waals surface area contributed by atoms with Gasteiger partial charge in [0.05, 0.1) is 16.8 Å². The minimum atomic E-state index is -0.272. The number of nitrogens with one attached hydrogen (secondary N) is 2. The third-order valence-corrected chi connectivity index (χ3v) is 2.72. The van der Waals surface area contributed by atoms with Crippen LogP contribution in [-0.2, 0) is 0 Å². The van der Waals surface area contributed by atoms with Crippen LogP contribution in [0.2, 0.25) is 5.02 Å². The van der Waals surface area contributed by atoms with Gasteiger partial charge in [0, 0.05) is 19.2 Å². The highest BCUT2D eigenvalue weighted by atomic mass is 35.5. The maximum Gasteiger partial charge on any atom is 0.319 e. The molecule has 112 valence electrons. The fraction of sp³-hybridized carbons (Fsp3) is 0.500. The van der Waals surface area contributed by atoms with E-state index < -0.39 is 0 Å². The molecule has 0 aromatic heterocycles. The Kier molecular flexibility index (Phi) is 6.61. The number of urea groups is 1. The molecule has 5 nitrogen and oxygen atoms in total. The Morgan fingerprint density at radius 3 is 2.65 bits per heavy atom. The molecule has 0 aliphatic rings. The van der Waals surface area contributed by atoms with Crippen LogP contribution in [0.1, 0.15) is 13.8 Å². The van der Waals surface area contributed by atoms with Crippen LogP contribution in [0.15, 0.2) is 18.2 Å². The van der Waals surface area contributed by atoms with E-state index in [-0.39, 0.29) is 12.1 Å². The number of benzene rings is 1. The van der Waals surface area contributed by atoms with E-state index in [9.17, 15) is 4.79 Å². The number of carbonyl (C=O) groups is 1. The number of hydrogen-bond donors (Lipinski definition) is 2. The van der Waals surface area contributed by atoms with Gasteiger partial charge in [-0.05, 0) is 40.1 Å². The molecule has 1 aromatic carbocycles. The first kappa shape index (κ1) is 16.6. The molecule has 0 spiro atoms. The van der Waals surface area contributed by atoms with Gasteiger partial charge in [0.2, 0.25) is 0 Å². The second-order valence-electron chi connectivity index (χ2n) is 4.99. The van der Waals surface area contributed by atoms with Gasteiger partial charge in [-0.3, -0.25) is 0 Å². The van der Waals surface area contributed by atoms with E-state index in [4.69, 9.17) is 16.3 Å². The summed E-state index contributed by atoms with van der Waals surface area (Å²) in [5, 5.41) is 5.91. The molecule has 0 saturated carbocycles. The van der Waals surface area contributed by atoms with Crippen LogP contribution < -0.4 is 15.4 Å². The summed E-state index contributed by atoms with van der Waals surface area (Å²) >= 11 is 6.11. The highest BCUT2D eigenvalue weighted by Gasteiger charge is 2.07. The number of amides is 2. The molecule has 0 fully saturated rings. The standard InChI is InChI=1S/C14H22ClN3O2/c1-10(2)20-11-5-6-13(12(15)9-11)17-14(19)16-7-8-18(3)4/h5-6,9-10H,7-8H2,1-4H3,(H2,16,17,19). The molecule has 0 atom stereocenters. The number of ether oxygens (including phenoxy) is 1. The lowest BCUT2D eigenvalue weighted by molar-refractivity contribution is 0.242. The van der Waals surface area contributed by atoms with Crippen LogP contribution in [0.3, 0.4) is 0 Å². The number of likely N-dealkylation sites (N-methyl/N-ethyl adjacent to an activating group) is 1. The fourth-order valence-corrected chi connectivity index (χ4v) is 1.72. The van der Waals surface area contributed by atoms with Crippen LogP contribution >= 0.6 is 11.6 Å². The van der Waals surface area contributed by atoms with Crippen LogP contribution in [0.4, 0.5) is 10.5 Å². The molecule has 1 rings (SSSR count). The molecule has 0 bridgehead atoms. The molecule has 20 heavy (non-hydrogen) atoms. The van der Waals surface area contributed by atoms with Gasteiger partial charge in [-0.2, -0.15) is 0 Å². The molecular weight excluding hydrogens is 278 g/mol. The molecule has 2 amide bonds. The fourth-order valence-electron chi connectivity index (χ4n) is 1.50. The molecule has 0 radical (unpaired) electrons. The molecule has 1 aromatic rings. The molecule has 0 unspecified atom stereocenters. The quantitative estimate of drug-likeness (QED) is 0.849. The first-order valence-corrected chi connectivity index (χ1v) is 6.92. The van der Waals surface area contributed by atoms with Crippen LogP contribution in [0.25, 0.3) is 0 Å². The van der Waals surface area contributed by atoms with Crippen LogP contribution in [0, 0.1) is 0 Å². The van der Waals surface area contributed by atoms with Crippen molar-refractivity contribution < 1.29 is 9.53 Å². The number of hydrogen-bond acceptors (Lipinski definition) is 3. The average Bonchev–Trinajstić information content (AvgIpc) is 2.31. The molecule has 6 heteroatoms. The number of anilines is 1. The van der Waals surface area contributed by atoms with E-state index in [0.29, 0.717) is 23.0 Å². The summed E-state index contributed by atoms with van der Waals surface area (Å²) in [6.07, 6.45) is 0.0826. The van der Waals surface area contributed by atoms with Crippen molar-refractivity contribution in [1.29, 1.82) is 0 Å². The molecule has 0 aliphatic carbocycles. The normalized spacial score (nSPS) is 10.8. The Labute approximate surface area is 125 Å². The highest BCUT2D eigenvalue weighted by molar-refractivity contribution is 6.33. The van der Waals surface area contributed by atoms with Crippen molar-refractivity contribution in [3.8, 4) is 5.75 Å². The zero-order valence-electron chi connectivity index (χ0n) is 12.4. The van der Waals surface area contributed by atoms with Gasteiger partial charge >= 0.3 is 6.03 Å². The lowest BCUT2D eigenvalue weighted by atomic mass is 10.3. The Hall–Kier alpha value is -1.46. The summed E-state index contributed by atoms with van der Waals surface area (Å²) in [5.74, 6) is 0.684. The summed E-state index contributed by atoms with van der Waals surface area (Å²) in [6, 6.07) is 4.93. The summed E-state index contributed by atoms with van der Waals surface area (Å²) in [5.41, 5.74) is 0.560. The lowest BCUT2D eigenvalue weighted by Gasteiger charge is -2.13. The Morgan fingerprint density at radius 2 is 2.10 bits per heavy atom. The predicted molar refractivity (Wildman–Crippen MR) is 82.8 cm³/mol. The summed E-state index contributed by atoms with van der Waals surface area (Å²) < 4.78 is 5.53. The van der Waals surface area contributed by atoms with E-state index in [0.717, 1.165) is 6.54 Å². The molecule has 0 heterocycles. The van der Waals surface area contributed by atoms with E-state index in [1.807, 2.05) is 32.8 Å². The van der Waals surface area contributed by atoms with Crippen molar-refractivity contribution in [2.75, 3.05) is 32.5 Å². The number of rotatable bonds is 6. The largest absolute Gasteiger partial charge is 0.491 e. The van der Waals surface area contributed by atoms with Crippen molar-refractivity contribution in [2.24, 2.45) is 0 Å². The first-order chi connectivity index (χ1) is 9.38. The van der Waals surface area contributed by atoms with Crippen molar-refractivity contribution >= 4 is 23.3 Å². The number of halogens is 1. The van der Waals surface area contributed by atoms with Gasteiger partial charge in [0.25, 0.3) is 0 Å². The number of carbonyl (C=O) groups excluding carboxylic acids is 1. The van der Waals surface area contributed by atoms with Crippen molar-refractivity contribution in [3.05, 3.63) is 23.2 Å². The maximum absolute atomic E-state index is 11.7. The smallest absolute Gasteiger partial charge is 0.319 e. The predicted octanol–water partition coefficient (Wildman–Crippen LogP) is 2.81. The zero-order chi connectivity index (χ0) is 15.1. The van der Waals surface area contributed by atoms with Gasteiger partial charge < -0.3 is 20.3 Å². The van der Waals surface area contributed by atoms with E-state index in [1.54, 1.807) is 18.2 Å². The third kappa shape index (κ3) is 6.12. The SMILES string of the molecule is CC(C)Oc1ccc(NC(=O)NCCN(C)C)c(Cl)c1. The van der Waals surface area contributed by atoms with E-state index in [2.05, 4.69) is 10.6 Å². The molecule has 0 aliphatic heterocycles. The molecule has 0 saturated heterocycles. The maximum atomic E-state index is 11.7. The minimum Gasteiger partial charge on any atom is -0.491 e. The third-order valence-electron chi connectivity index (χ3n) is 2.41. The van der Waals surface area contributed by atoms with E-state index >= 15 is 0 Å². The lowest BCUT2D eigenvalue weighted by Crippen LogP contribution is -2.34. The Balaban J connectivity index is 2.53. The topological polar surface area (TPSA) is 53.6 Å². The zero-order valence-corrected chi connectivity index (χ0v) is 13.1. The van der Waals surface area contributed by atoms with Crippen molar-refractivity contribution in [2.45, 2.75) is 20.0 Å². The average molecular weight is 300 g/mol. The summed E-state index contributed by atoms with van der Waals surface area (Å²) in [4.78, 5) is 13.7. The van der Waals surface area contributed by atoms with Gasteiger partial charge in [0.15, 0.2) is 0 Å². The molecular formula is C14H22ClN3O2. The first-order valence-electron chi connectivity index (χ1n) is 6.54. The monoisotopic (exact) mass is 299 g/mol. The van der Waals surface area contributed by atoms with Gasteiger partial charge in [-0.15, -0.1) is 0 Å².